The highest BCUT2D eigenvalue weighted by Crippen LogP contribution is 2.29. The minimum atomic E-state index is -4.84. The molecule has 6 nitrogen and oxygen atoms in total. The van der Waals surface area contributed by atoms with Gasteiger partial charge in [0.25, 0.3) is 10.0 Å². The third kappa shape index (κ3) is 5.54. The van der Waals surface area contributed by atoms with Crippen LogP contribution in [0.3, 0.4) is 0 Å². The largest absolute Gasteiger partial charge is 0.573 e. The molecule has 1 aliphatic heterocycles. The fourth-order valence-corrected chi connectivity index (χ4v) is 5.87. The van der Waals surface area contributed by atoms with Gasteiger partial charge in [0.05, 0.1) is 4.34 Å². The molecule has 1 amide bonds. The molecule has 1 aromatic carbocycles. The lowest BCUT2D eigenvalue weighted by atomic mass is 10.2. The number of alkyl halides is 3. The van der Waals surface area contributed by atoms with Crippen LogP contribution in [0.15, 0.2) is 46.7 Å². The molecule has 1 aliphatic rings. The molecule has 0 spiro atoms. The van der Waals surface area contributed by atoms with Crippen molar-refractivity contribution in [3.63, 3.8) is 0 Å². The van der Waals surface area contributed by atoms with Crippen LogP contribution in [-0.4, -0.2) is 56.1 Å². The van der Waals surface area contributed by atoms with Crippen molar-refractivity contribution in [2.75, 3.05) is 26.2 Å². The number of para-hydroxylation sites is 1. The van der Waals surface area contributed by atoms with E-state index in [9.17, 15) is 26.4 Å². The molecule has 12 heteroatoms. The fourth-order valence-electron chi connectivity index (χ4n) is 2.81. The number of nitrogens with zero attached hydrogens (tertiary/aromatic N) is 2. The molecule has 0 N–H and O–H groups in total. The zero-order valence-corrected chi connectivity index (χ0v) is 17.7. The molecular formula is C18H16ClF3N2O4S2. The molecule has 162 valence electrons. The molecule has 30 heavy (non-hydrogen) atoms. The second kappa shape index (κ2) is 8.96. The van der Waals surface area contributed by atoms with Crippen molar-refractivity contribution in [1.82, 2.24) is 9.21 Å². The van der Waals surface area contributed by atoms with Crippen LogP contribution in [0.1, 0.15) is 5.56 Å². The van der Waals surface area contributed by atoms with E-state index in [1.807, 2.05) is 0 Å². The Hall–Kier alpha value is -2.08. The summed E-state index contributed by atoms with van der Waals surface area (Å²) < 4.78 is 68.4. The predicted molar refractivity (Wildman–Crippen MR) is 107 cm³/mol. The molecule has 1 fully saturated rings. The van der Waals surface area contributed by atoms with Gasteiger partial charge in [-0.1, -0.05) is 29.8 Å². The van der Waals surface area contributed by atoms with Crippen LogP contribution in [-0.2, 0) is 14.8 Å². The van der Waals surface area contributed by atoms with E-state index >= 15 is 0 Å². The van der Waals surface area contributed by atoms with E-state index in [1.54, 1.807) is 0 Å². The van der Waals surface area contributed by atoms with E-state index in [-0.39, 0.29) is 36.0 Å². The first-order chi connectivity index (χ1) is 14.1. The first-order valence-corrected chi connectivity index (χ1v) is 11.3. The second-order valence-electron chi connectivity index (χ2n) is 6.21. The van der Waals surface area contributed by atoms with Gasteiger partial charge in [0.2, 0.25) is 5.91 Å². The Morgan fingerprint density at radius 3 is 2.37 bits per heavy atom. The average molecular weight is 481 g/mol. The van der Waals surface area contributed by atoms with E-state index in [1.165, 1.54) is 45.6 Å². The standard InChI is InChI=1S/C18H16ClF3N2O4S2/c19-15-6-8-17(29-15)30(26,27)24-11-9-23(10-12-24)16(25)7-5-13-3-1-2-4-14(13)28-18(20,21)22/h1-8H,9-12H2/b7-5+. The number of sulfonamides is 1. The Balaban J connectivity index is 1.63. The van der Waals surface area contributed by atoms with Crippen LogP contribution in [0.25, 0.3) is 6.08 Å². The van der Waals surface area contributed by atoms with Gasteiger partial charge >= 0.3 is 6.36 Å². The monoisotopic (exact) mass is 480 g/mol. The van der Waals surface area contributed by atoms with E-state index in [0.29, 0.717) is 4.34 Å². The molecular weight excluding hydrogens is 465 g/mol. The highest BCUT2D eigenvalue weighted by molar-refractivity contribution is 7.91. The Morgan fingerprint density at radius 1 is 1.10 bits per heavy atom. The minimum absolute atomic E-state index is 0.0963. The maximum Gasteiger partial charge on any atom is 0.573 e. The average Bonchev–Trinajstić information content (AvgIpc) is 3.13. The Bertz CT molecular complexity index is 1050. The summed E-state index contributed by atoms with van der Waals surface area (Å²) in [7, 11) is -3.68. The number of thiophene rings is 1. The highest BCUT2D eigenvalue weighted by atomic mass is 35.5. The van der Waals surface area contributed by atoms with Crippen LogP contribution in [0.4, 0.5) is 13.2 Å². The van der Waals surface area contributed by atoms with Gasteiger partial charge in [0.15, 0.2) is 0 Å². The first-order valence-electron chi connectivity index (χ1n) is 8.63. The first kappa shape index (κ1) is 22.6. The highest BCUT2D eigenvalue weighted by Gasteiger charge is 2.32. The molecule has 0 atom stereocenters. The number of carbonyl (C=O) groups excluding carboxylic acids is 1. The third-order valence-electron chi connectivity index (χ3n) is 4.24. The number of rotatable bonds is 5. The molecule has 2 heterocycles. The fraction of sp³-hybridized carbons (Fsp3) is 0.278. The second-order valence-corrected chi connectivity index (χ2v) is 10.1. The van der Waals surface area contributed by atoms with Crippen LogP contribution >= 0.6 is 22.9 Å². The van der Waals surface area contributed by atoms with E-state index in [2.05, 4.69) is 4.74 Å². The van der Waals surface area contributed by atoms with Gasteiger partial charge in [0.1, 0.15) is 9.96 Å². The molecule has 2 aromatic rings. The summed E-state index contributed by atoms with van der Waals surface area (Å²) in [6.45, 7) is 0.515. The number of carbonyl (C=O) groups is 1. The van der Waals surface area contributed by atoms with Gasteiger partial charge in [-0.25, -0.2) is 8.42 Å². The smallest absolute Gasteiger partial charge is 0.405 e. The molecule has 0 saturated carbocycles. The van der Waals surface area contributed by atoms with Crippen molar-refractivity contribution >= 4 is 44.9 Å². The van der Waals surface area contributed by atoms with Crippen molar-refractivity contribution in [2.24, 2.45) is 0 Å². The summed E-state index contributed by atoms with van der Waals surface area (Å²) in [5.74, 6) is -0.854. The van der Waals surface area contributed by atoms with Crippen LogP contribution < -0.4 is 4.74 Å². The van der Waals surface area contributed by atoms with Crippen molar-refractivity contribution < 1.29 is 31.1 Å². The van der Waals surface area contributed by atoms with Gasteiger partial charge in [-0.05, 0) is 24.3 Å². The Labute approximate surface area is 180 Å². The maximum atomic E-state index is 12.6. The third-order valence-corrected chi connectivity index (χ3v) is 7.84. The zero-order chi connectivity index (χ0) is 21.9. The summed E-state index contributed by atoms with van der Waals surface area (Å²) in [4.78, 5) is 13.8. The molecule has 3 rings (SSSR count). The lowest BCUT2D eigenvalue weighted by Crippen LogP contribution is -2.50. The number of halogens is 4. The van der Waals surface area contributed by atoms with Gasteiger partial charge < -0.3 is 9.64 Å². The lowest BCUT2D eigenvalue weighted by molar-refractivity contribution is -0.274. The molecule has 0 unspecified atom stereocenters. The normalized spacial score (nSPS) is 16.2. The number of ether oxygens (including phenoxy) is 1. The van der Waals surface area contributed by atoms with Crippen LogP contribution in [0.2, 0.25) is 4.34 Å². The summed E-state index contributed by atoms with van der Waals surface area (Å²) in [6, 6.07) is 8.39. The Kier molecular flexibility index (Phi) is 6.75. The number of amides is 1. The summed E-state index contributed by atoms with van der Waals surface area (Å²) in [6.07, 6.45) is -2.47. The van der Waals surface area contributed by atoms with E-state index < -0.39 is 28.0 Å². The van der Waals surface area contributed by atoms with Crippen molar-refractivity contribution in [3.8, 4) is 5.75 Å². The summed E-state index contributed by atoms with van der Waals surface area (Å²) in [5.41, 5.74) is 0.0963. The topological polar surface area (TPSA) is 66.9 Å². The molecule has 1 saturated heterocycles. The minimum Gasteiger partial charge on any atom is -0.405 e. The van der Waals surface area contributed by atoms with Gasteiger partial charge in [-0.3, -0.25) is 4.79 Å². The van der Waals surface area contributed by atoms with Gasteiger partial charge in [0, 0.05) is 37.8 Å². The SMILES string of the molecule is O=C(/C=C/c1ccccc1OC(F)(F)F)N1CCN(S(=O)(=O)c2ccc(Cl)s2)CC1. The predicted octanol–water partition coefficient (Wildman–Crippen LogP) is 3.85. The molecule has 1 aromatic heterocycles. The van der Waals surface area contributed by atoms with E-state index in [4.69, 9.17) is 11.6 Å². The number of piperazine rings is 1. The zero-order valence-electron chi connectivity index (χ0n) is 15.3. The Morgan fingerprint density at radius 2 is 1.77 bits per heavy atom. The summed E-state index contributed by atoms with van der Waals surface area (Å²) in [5, 5.41) is 0. The van der Waals surface area contributed by atoms with Gasteiger partial charge in [-0.15, -0.1) is 24.5 Å². The van der Waals surface area contributed by atoms with Crippen LogP contribution in [0, 0.1) is 0 Å². The maximum absolute atomic E-state index is 12.6. The van der Waals surface area contributed by atoms with E-state index in [0.717, 1.165) is 23.5 Å². The summed E-state index contributed by atoms with van der Waals surface area (Å²) >= 11 is 6.76. The molecule has 0 radical (unpaired) electrons. The molecule has 0 aliphatic carbocycles. The number of hydrogen-bond donors (Lipinski definition) is 0. The van der Waals surface area contributed by atoms with Gasteiger partial charge in [-0.2, -0.15) is 4.31 Å². The number of hydrogen-bond acceptors (Lipinski definition) is 5. The molecule has 0 bridgehead atoms. The van der Waals surface area contributed by atoms with Crippen LogP contribution in [0.5, 0.6) is 5.75 Å². The van der Waals surface area contributed by atoms with Crippen molar-refractivity contribution in [2.45, 2.75) is 10.6 Å². The van der Waals surface area contributed by atoms with Crippen molar-refractivity contribution in [3.05, 3.63) is 52.4 Å². The lowest BCUT2D eigenvalue weighted by Gasteiger charge is -2.33. The quantitative estimate of drug-likeness (QED) is 0.610. The number of benzene rings is 1. The van der Waals surface area contributed by atoms with Crippen molar-refractivity contribution in [1.29, 1.82) is 0 Å².